The maximum Gasteiger partial charge on any atom is 0.203 e. The molecule has 0 bridgehead atoms. The maximum absolute atomic E-state index is 11.9. The van der Waals surface area contributed by atoms with E-state index < -0.39 is 9.84 Å². The Hall–Kier alpha value is -1.29. The molecule has 0 aliphatic carbocycles. The van der Waals surface area contributed by atoms with E-state index in [0.29, 0.717) is 17.1 Å². The number of hydrogen-bond donors (Lipinski definition) is 0. The van der Waals surface area contributed by atoms with Gasteiger partial charge in [0, 0.05) is 6.42 Å². The van der Waals surface area contributed by atoms with Crippen LogP contribution in [-0.2, 0) is 14.6 Å². The average molecular weight is 238 g/mol. The van der Waals surface area contributed by atoms with Crippen molar-refractivity contribution in [3.8, 4) is 0 Å². The predicted molar refractivity (Wildman–Crippen MR) is 61.5 cm³/mol. The van der Waals surface area contributed by atoms with E-state index in [1.807, 2.05) is 6.92 Å². The first-order valence-electron chi connectivity index (χ1n) is 5.25. The molecule has 86 valence electrons. The van der Waals surface area contributed by atoms with E-state index in [-0.39, 0.29) is 6.10 Å². The second-order valence-electron chi connectivity index (χ2n) is 3.91. The lowest BCUT2D eigenvalue weighted by atomic mass is 10.2. The van der Waals surface area contributed by atoms with Crippen LogP contribution in [0.3, 0.4) is 0 Å². The summed E-state index contributed by atoms with van der Waals surface area (Å²) in [5.74, 6) is 0.566. The van der Waals surface area contributed by atoms with Gasteiger partial charge in [0.15, 0.2) is 0 Å². The molecule has 1 aliphatic heterocycles. The van der Waals surface area contributed by atoms with Crippen molar-refractivity contribution in [1.82, 2.24) is 0 Å². The van der Waals surface area contributed by atoms with Crippen molar-refractivity contribution in [3.63, 3.8) is 0 Å². The molecule has 1 aromatic carbocycles. The number of rotatable bonds is 2. The van der Waals surface area contributed by atoms with Crippen LogP contribution >= 0.6 is 0 Å². The number of allylic oxidation sites excluding steroid dienone is 1. The predicted octanol–water partition coefficient (Wildman–Crippen LogP) is 2.50. The highest BCUT2D eigenvalue weighted by Gasteiger charge is 2.20. The molecule has 1 saturated heterocycles. The molecule has 0 aromatic heterocycles. The van der Waals surface area contributed by atoms with E-state index in [9.17, 15) is 8.42 Å². The Labute approximate surface area is 95.7 Å². The van der Waals surface area contributed by atoms with Crippen molar-refractivity contribution in [1.29, 1.82) is 0 Å². The Bertz CT molecular complexity index is 488. The van der Waals surface area contributed by atoms with Crippen molar-refractivity contribution < 1.29 is 13.2 Å². The van der Waals surface area contributed by atoms with Gasteiger partial charge < -0.3 is 4.74 Å². The van der Waals surface area contributed by atoms with Gasteiger partial charge in [-0.15, -0.1) is 0 Å². The SMILES string of the molecule is C[C@H]1CC/C(=C/S(=O)(=O)c2ccccc2)O1. The molecule has 1 fully saturated rings. The fourth-order valence-electron chi connectivity index (χ4n) is 1.66. The van der Waals surface area contributed by atoms with Crippen molar-refractivity contribution in [3.05, 3.63) is 41.5 Å². The lowest BCUT2D eigenvalue weighted by molar-refractivity contribution is 0.178. The monoisotopic (exact) mass is 238 g/mol. The van der Waals surface area contributed by atoms with Crippen LogP contribution in [0, 0.1) is 0 Å². The lowest BCUT2D eigenvalue weighted by Gasteiger charge is -2.04. The summed E-state index contributed by atoms with van der Waals surface area (Å²) in [5.41, 5.74) is 0. The quantitative estimate of drug-likeness (QED) is 0.795. The minimum atomic E-state index is -3.35. The van der Waals surface area contributed by atoms with Crippen LogP contribution in [-0.4, -0.2) is 14.5 Å². The molecule has 0 spiro atoms. The minimum absolute atomic E-state index is 0.122. The molecule has 1 aromatic rings. The van der Waals surface area contributed by atoms with Gasteiger partial charge in [-0.25, -0.2) is 8.42 Å². The van der Waals surface area contributed by atoms with Crippen LogP contribution in [0.5, 0.6) is 0 Å². The van der Waals surface area contributed by atoms with Crippen molar-refractivity contribution in [2.45, 2.75) is 30.8 Å². The molecule has 0 amide bonds. The van der Waals surface area contributed by atoms with Crippen LogP contribution in [0.1, 0.15) is 19.8 Å². The minimum Gasteiger partial charge on any atom is -0.494 e. The van der Waals surface area contributed by atoms with Gasteiger partial charge in [0.2, 0.25) is 9.84 Å². The van der Waals surface area contributed by atoms with Crippen molar-refractivity contribution in [2.24, 2.45) is 0 Å². The summed E-state index contributed by atoms with van der Waals surface area (Å²) in [6, 6.07) is 8.39. The van der Waals surface area contributed by atoms with Gasteiger partial charge in [-0.1, -0.05) is 18.2 Å². The fraction of sp³-hybridized carbons (Fsp3) is 0.333. The third kappa shape index (κ3) is 2.44. The summed E-state index contributed by atoms with van der Waals surface area (Å²) in [7, 11) is -3.35. The molecule has 2 rings (SSSR count). The Morgan fingerprint density at radius 1 is 1.31 bits per heavy atom. The van der Waals surface area contributed by atoms with Gasteiger partial charge in [0.25, 0.3) is 0 Å². The third-order valence-corrected chi connectivity index (χ3v) is 4.01. The summed E-state index contributed by atoms with van der Waals surface area (Å²) in [6.07, 6.45) is 1.71. The van der Waals surface area contributed by atoms with E-state index in [0.717, 1.165) is 6.42 Å². The molecular weight excluding hydrogens is 224 g/mol. The highest BCUT2D eigenvalue weighted by molar-refractivity contribution is 7.94. The molecule has 1 heterocycles. The third-order valence-electron chi connectivity index (χ3n) is 2.51. The van der Waals surface area contributed by atoms with Gasteiger partial charge in [0.05, 0.1) is 16.4 Å². The van der Waals surface area contributed by atoms with E-state index in [1.54, 1.807) is 30.3 Å². The van der Waals surface area contributed by atoms with Gasteiger partial charge in [-0.05, 0) is 25.5 Å². The van der Waals surface area contributed by atoms with Crippen LogP contribution in [0.15, 0.2) is 46.4 Å². The zero-order valence-electron chi connectivity index (χ0n) is 9.09. The molecular formula is C12H14O3S. The van der Waals surface area contributed by atoms with E-state index in [4.69, 9.17) is 4.74 Å². The van der Waals surface area contributed by atoms with Gasteiger partial charge >= 0.3 is 0 Å². The second-order valence-corrected chi connectivity index (χ2v) is 5.71. The topological polar surface area (TPSA) is 43.4 Å². The van der Waals surface area contributed by atoms with Crippen LogP contribution in [0.25, 0.3) is 0 Å². The number of benzene rings is 1. The van der Waals surface area contributed by atoms with Gasteiger partial charge in [-0.2, -0.15) is 0 Å². The summed E-state index contributed by atoms with van der Waals surface area (Å²) < 4.78 is 29.3. The van der Waals surface area contributed by atoms with Crippen LogP contribution in [0.4, 0.5) is 0 Å². The molecule has 16 heavy (non-hydrogen) atoms. The summed E-state index contributed by atoms with van der Waals surface area (Å²) in [6.45, 7) is 1.94. The molecule has 4 heteroatoms. The molecule has 0 saturated carbocycles. The van der Waals surface area contributed by atoms with E-state index in [2.05, 4.69) is 0 Å². The Balaban J connectivity index is 2.28. The molecule has 0 unspecified atom stereocenters. The molecule has 0 N–H and O–H groups in total. The van der Waals surface area contributed by atoms with Crippen LogP contribution < -0.4 is 0 Å². The first-order chi connectivity index (χ1) is 7.58. The lowest BCUT2D eigenvalue weighted by Crippen LogP contribution is -1.99. The first-order valence-corrected chi connectivity index (χ1v) is 6.80. The summed E-state index contributed by atoms with van der Waals surface area (Å²) in [5, 5.41) is 1.24. The Morgan fingerprint density at radius 3 is 2.56 bits per heavy atom. The zero-order chi connectivity index (χ0) is 11.6. The van der Waals surface area contributed by atoms with Crippen molar-refractivity contribution >= 4 is 9.84 Å². The number of sulfone groups is 1. The first kappa shape index (κ1) is 11.2. The van der Waals surface area contributed by atoms with Crippen molar-refractivity contribution in [2.75, 3.05) is 0 Å². The maximum atomic E-state index is 11.9. The second kappa shape index (κ2) is 4.29. The molecule has 1 aliphatic rings. The van der Waals surface area contributed by atoms with E-state index in [1.165, 1.54) is 5.41 Å². The molecule has 1 atom stereocenters. The number of ether oxygens (including phenoxy) is 1. The Morgan fingerprint density at radius 2 is 2.00 bits per heavy atom. The summed E-state index contributed by atoms with van der Waals surface area (Å²) >= 11 is 0. The number of hydrogen-bond acceptors (Lipinski definition) is 3. The molecule has 0 radical (unpaired) electrons. The Kier molecular flexibility index (Phi) is 3.01. The fourth-order valence-corrected chi connectivity index (χ4v) is 2.85. The van der Waals surface area contributed by atoms with Gasteiger partial charge in [-0.3, -0.25) is 0 Å². The van der Waals surface area contributed by atoms with E-state index >= 15 is 0 Å². The zero-order valence-corrected chi connectivity index (χ0v) is 9.91. The normalized spacial score (nSPS) is 23.3. The van der Waals surface area contributed by atoms with Gasteiger partial charge in [0.1, 0.15) is 5.76 Å². The highest BCUT2D eigenvalue weighted by Crippen LogP contribution is 2.25. The average Bonchev–Trinajstić information content (AvgIpc) is 2.64. The standard InChI is InChI=1S/C12H14O3S/c1-10-7-8-11(15-10)9-16(13,14)12-5-3-2-4-6-12/h2-6,9-10H,7-8H2,1H3/b11-9-/t10-/m0/s1. The summed E-state index contributed by atoms with van der Waals surface area (Å²) in [4.78, 5) is 0.311. The molecule has 3 nitrogen and oxygen atoms in total. The van der Waals surface area contributed by atoms with Crippen LogP contribution in [0.2, 0.25) is 0 Å². The highest BCUT2D eigenvalue weighted by atomic mass is 32.2. The largest absolute Gasteiger partial charge is 0.494 e. The smallest absolute Gasteiger partial charge is 0.203 e.